The van der Waals surface area contributed by atoms with Gasteiger partial charge in [0.1, 0.15) is 6.61 Å². The van der Waals surface area contributed by atoms with E-state index in [4.69, 9.17) is 32.7 Å². The van der Waals surface area contributed by atoms with Crippen LogP contribution in [0.2, 0.25) is 10.0 Å². The lowest BCUT2D eigenvalue weighted by Gasteiger charge is -2.15. The van der Waals surface area contributed by atoms with Crippen LogP contribution in [0.1, 0.15) is 18.1 Å². The second-order valence-corrected chi connectivity index (χ2v) is 8.81. The number of carbonyl (C=O) groups excluding carboxylic acids is 1. The lowest BCUT2D eigenvalue weighted by Crippen LogP contribution is -2.19. The normalized spacial score (nSPS) is 15.7. The van der Waals surface area contributed by atoms with E-state index in [1.54, 1.807) is 24.3 Å². The van der Waals surface area contributed by atoms with Gasteiger partial charge in [0.2, 0.25) is 0 Å². The van der Waals surface area contributed by atoms with Crippen molar-refractivity contribution in [1.29, 1.82) is 0 Å². The van der Waals surface area contributed by atoms with E-state index < -0.39 is 0 Å². The molecule has 3 aromatic carbocycles. The van der Waals surface area contributed by atoms with Crippen LogP contribution in [0.25, 0.3) is 6.08 Å². The molecular weight excluding hydrogens is 479 g/mol. The van der Waals surface area contributed by atoms with Crippen LogP contribution in [0, 0.1) is 0 Å². The largest absolute Gasteiger partial charge is 0.490 e. The predicted molar refractivity (Wildman–Crippen MR) is 136 cm³/mol. The van der Waals surface area contributed by atoms with Crippen molar-refractivity contribution in [2.75, 3.05) is 6.61 Å². The zero-order chi connectivity index (χ0) is 23.2. The highest BCUT2D eigenvalue weighted by Gasteiger charge is 2.24. The second kappa shape index (κ2) is 10.8. The van der Waals surface area contributed by atoms with Crippen molar-refractivity contribution in [3.8, 4) is 11.5 Å². The van der Waals surface area contributed by atoms with Crippen molar-refractivity contribution in [2.24, 2.45) is 4.99 Å². The monoisotopic (exact) mass is 498 g/mol. The van der Waals surface area contributed by atoms with Crippen LogP contribution < -0.4 is 14.8 Å². The molecule has 1 amide bonds. The van der Waals surface area contributed by atoms with Crippen molar-refractivity contribution in [2.45, 2.75) is 13.5 Å². The molecule has 1 heterocycles. The fourth-order valence-electron chi connectivity index (χ4n) is 3.09. The van der Waals surface area contributed by atoms with Crippen molar-refractivity contribution in [1.82, 2.24) is 5.32 Å². The lowest BCUT2D eigenvalue weighted by atomic mass is 10.1. The van der Waals surface area contributed by atoms with Crippen LogP contribution in [-0.2, 0) is 11.4 Å². The quantitative estimate of drug-likeness (QED) is 0.361. The number of para-hydroxylation sites is 1. The standard InChI is InChI=1S/C25H20Cl2N2O3S/c1-2-31-21-13-16(12-20(27)23(21)32-15-17-8-6-7-11-19(17)26)14-22-24(30)29-25(33-22)28-18-9-4-3-5-10-18/h3-14H,2,15H2,1H3,(H,28,29,30)/b22-14-. The predicted octanol–water partition coefficient (Wildman–Crippen LogP) is 6.86. The third-order valence-electron chi connectivity index (χ3n) is 4.60. The number of nitrogens with one attached hydrogen (secondary N) is 1. The summed E-state index contributed by atoms with van der Waals surface area (Å²) in [6.07, 6.45) is 1.75. The lowest BCUT2D eigenvalue weighted by molar-refractivity contribution is -0.115. The van der Waals surface area contributed by atoms with Gasteiger partial charge in [-0.25, -0.2) is 4.99 Å². The molecule has 1 aliphatic rings. The molecule has 0 saturated carbocycles. The number of ether oxygens (including phenoxy) is 2. The highest BCUT2D eigenvalue weighted by atomic mass is 35.5. The molecular formula is C25H20Cl2N2O3S. The van der Waals surface area contributed by atoms with Gasteiger partial charge < -0.3 is 14.8 Å². The van der Waals surface area contributed by atoms with E-state index >= 15 is 0 Å². The second-order valence-electron chi connectivity index (χ2n) is 6.96. The topological polar surface area (TPSA) is 59.9 Å². The number of halogens is 2. The van der Waals surface area contributed by atoms with Crippen LogP contribution in [0.4, 0.5) is 5.69 Å². The van der Waals surface area contributed by atoms with Gasteiger partial charge in [0, 0.05) is 10.6 Å². The molecule has 168 valence electrons. The Bertz CT molecular complexity index is 1230. The number of benzene rings is 3. The Morgan fingerprint density at radius 3 is 2.52 bits per heavy atom. The SMILES string of the molecule is CCOc1cc(/C=C2\SC(=Nc3ccccc3)NC2=O)cc(Cl)c1OCc1ccccc1Cl. The van der Waals surface area contributed by atoms with Gasteiger partial charge >= 0.3 is 0 Å². The van der Waals surface area contributed by atoms with Crippen LogP contribution in [-0.4, -0.2) is 17.7 Å². The summed E-state index contributed by atoms with van der Waals surface area (Å²) in [5.74, 6) is 0.698. The Morgan fingerprint density at radius 2 is 1.76 bits per heavy atom. The Hall–Kier alpha value is -2.93. The average Bonchev–Trinajstić information content (AvgIpc) is 3.13. The number of nitrogens with zero attached hydrogens (tertiary/aromatic N) is 1. The fourth-order valence-corrected chi connectivity index (χ4v) is 4.40. The third-order valence-corrected chi connectivity index (χ3v) is 6.16. The molecule has 0 unspecified atom stereocenters. The summed E-state index contributed by atoms with van der Waals surface area (Å²) >= 11 is 14.0. The molecule has 5 nitrogen and oxygen atoms in total. The fraction of sp³-hybridized carbons (Fsp3) is 0.120. The molecule has 0 aromatic heterocycles. The number of thioether (sulfide) groups is 1. The van der Waals surface area contributed by atoms with Gasteiger partial charge in [0.15, 0.2) is 16.7 Å². The zero-order valence-electron chi connectivity index (χ0n) is 17.7. The van der Waals surface area contributed by atoms with Gasteiger partial charge in [-0.2, -0.15) is 0 Å². The number of hydrogen-bond donors (Lipinski definition) is 1. The van der Waals surface area contributed by atoms with Gasteiger partial charge in [-0.15, -0.1) is 0 Å². The summed E-state index contributed by atoms with van der Waals surface area (Å²) in [4.78, 5) is 17.4. The summed E-state index contributed by atoms with van der Waals surface area (Å²) in [7, 11) is 0. The van der Waals surface area contributed by atoms with Gasteiger partial charge in [0.05, 0.1) is 22.2 Å². The minimum Gasteiger partial charge on any atom is -0.490 e. The number of rotatable bonds is 7. The molecule has 0 aliphatic carbocycles. The summed E-state index contributed by atoms with van der Waals surface area (Å²) in [6.45, 7) is 2.56. The maximum absolute atomic E-state index is 12.5. The molecule has 1 aliphatic heterocycles. The molecule has 4 rings (SSSR count). The van der Waals surface area contributed by atoms with Gasteiger partial charge in [-0.1, -0.05) is 59.6 Å². The maximum Gasteiger partial charge on any atom is 0.264 e. The molecule has 1 fully saturated rings. The molecule has 1 N–H and O–H groups in total. The minimum absolute atomic E-state index is 0.220. The highest BCUT2D eigenvalue weighted by Crippen LogP contribution is 2.39. The summed E-state index contributed by atoms with van der Waals surface area (Å²) in [5, 5.41) is 4.30. The molecule has 0 spiro atoms. The van der Waals surface area contributed by atoms with E-state index in [0.29, 0.717) is 43.8 Å². The zero-order valence-corrected chi connectivity index (χ0v) is 20.0. The first-order valence-corrected chi connectivity index (χ1v) is 11.8. The summed E-state index contributed by atoms with van der Waals surface area (Å²) < 4.78 is 11.7. The van der Waals surface area contributed by atoms with Gasteiger partial charge in [-0.3, -0.25) is 4.79 Å². The number of carbonyl (C=O) groups is 1. The number of hydrogen-bond acceptors (Lipinski definition) is 5. The molecule has 1 saturated heterocycles. The minimum atomic E-state index is -0.220. The van der Waals surface area contributed by atoms with E-state index in [0.717, 1.165) is 11.3 Å². The van der Waals surface area contributed by atoms with Crippen molar-refractivity contribution >= 4 is 57.8 Å². The summed E-state index contributed by atoms with van der Waals surface area (Å²) in [5.41, 5.74) is 2.32. The number of aliphatic imine (C=N–C) groups is 1. The molecule has 0 atom stereocenters. The maximum atomic E-state index is 12.5. The van der Waals surface area contributed by atoms with E-state index in [1.807, 2.05) is 55.5 Å². The van der Waals surface area contributed by atoms with Crippen LogP contribution in [0.15, 0.2) is 76.6 Å². The first-order valence-electron chi connectivity index (χ1n) is 10.2. The van der Waals surface area contributed by atoms with Gasteiger partial charge in [-0.05, 0) is 60.7 Å². The Morgan fingerprint density at radius 1 is 1.00 bits per heavy atom. The van der Waals surface area contributed by atoms with Gasteiger partial charge in [0.25, 0.3) is 5.91 Å². The molecule has 33 heavy (non-hydrogen) atoms. The smallest absolute Gasteiger partial charge is 0.264 e. The van der Waals surface area contributed by atoms with Crippen LogP contribution in [0.5, 0.6) is 11.5 Å². The highest BCUT2D eigenvalue weighted by molar-refractivity contribution is 8.18. The first-order chi connectivity index (χ1) is 16.0. The van der Waals surface area contributed by atoms with E-state index in [9.17, 15) is 4.79 Å². The van der Waals surface area contributed by atoms with Crippen molar-refractivity contribution in [3.63, 3.8) is 0 Å². The Kier molecular flexibility index (Phi) is 7.60. The molecule has 0 bridgehead atoms. The molecule has 3 aromatic rings. The van der Waals surface area contributed by atoms with Crippen LogP contribution in [0.3, 0.4) is 0 Å². The Labute approximate surface area is 206 Å². The summed E-state index contributed by atoms with van der Waals surface area (Å²) in [6, 6.07) is 20.4. The Balaban J connectivity index is 1.57. The van der Waals surface area contributed by atoms with E-state index in [1.165, 1.54) is 11.8 Å². The molecule has 8 heteroatoms. The van der Waals surface area contributed by atoms with E-state index in [2.05, 4.69) is 10.3 Å². The van der Waals surface area contributed by atoms with Crippen molar-refractivity contribution in [3.05, 3.63) is 92.8 Å². The van der Waals surface area contributed by atoms with Crippen molar-refractivity contribution < 1.29 is 14.3 Å². The van der Waals surface area contributed by atoms with E-state index in [-0.39, 0.29) is 12.5 Å². The molecule has 0 radical (unpaired) electrons. The first kappa shape index (κ1) is 23.2. The average molecular weight is 499 g/mol. The van der Waals surface area contributed by atoms with Crippen LogP contribution >= 0.6 is 35.0 Å². The number of amidine groups is 1. The third kappa shape index (κ3) is 5.90. The number of amides is 1.